The second-order valence-electron chi connectivity index (χ2n) is 5.99. The zero-order valence-corrected chi connectivity index (χ0v) is 15.3. The summed E-state index contributed by atoms with van der Waals surface area (Å²) in [6.45, 7) is 7.00. The molecule has 25 heavy (non-hydrogen) atoms. The van der Waals surface area contributed by atoms with Crippen LogP contribution in [0.3, 0.4) is 0 Å². The van der Waals surface area contributed by atoms with Crippen molar-refractivity contribution >= 4 is 17.3 Å². The number of hydrogen-bond donors (Lipinski definition) is 2. The van der Waals surface area contributed by atoms with Gasteiger partial charge in [-0.05, 0) is 36.8 Å². The van der Waals surface area contributed by atoms with Crippen LogP contribution in [0.5, 0.6) is 11.5 Å². The lowest BCUT2D eigenvalue weighted by Crippen LogP contribution is -2.18. The van der Waals surface area contributed by atoms with Gasteiger partial charge in [-0.3, -0.25) is 4.79 Å². The van der Waals surface area contributed by atoms with E-state index < -0.39 is 0 Å². The van der Waals surface area contributed by atoms with Crippen LogP contribution in [0.1, 0.15) is 26.3 Å². The summed E-state index contributed by atoms with van der Waals surface area (Å²) in [4.78, 5) is 11.9. The Labute approximate surface area is 149 Å². The molecule has 0 saturated heterocycles. The monoisotopic (exact) mass is 342 g/mol. The second-order valence-corrected chi connectivity index (χ2v) is 5.99. The number of carbonyl (C=O) groups excluding carboxylic acids is 1. The molecule has 1 amide bonds. The fourth-order valence-corrected chi connectivity index (χ4v) is 2.30. The molecule has 0 aliphatic rings. The zero-order valence-electron chi connectivity index (χ0n) is 15.3. The molecule has 0 heterocycles. The third kappa shape index (κ3) is 5.41. The molecular weight excluding hydrogens is 316 g/mol. The zero-order chi connectivity index (χ0) is 18.2. The molecule has 0 bridgehead atoms. The normalized spacial score (nSPS) is 10.4. The van der Waals surface area contributed by atoms with Crippen LogP contribution < -0.4 is 20.1 Å². The highest BCUT2D eigenvalue weighted by atomic mass is 16.5. The van der Waals surface area contributed by atoms with E-state index in [0.29, 0.717) is 24.6 Å². The van der Waals surface area contributed by atoms with E-state index in [1.807, 2.05) is 63.2 Å². The molecule has 0 unspecified atom stereocenters. The van der Waals surface area contributed by atoms with Gasteiger partial charge in [-0.1, -0.05) is 26.0 Å². The van der Waals surface area contributed by atoms with E-state index in [4.69, 9.17) is 9.47 Å². The van der Waals surface area contributed by atoms with Crippen LogP contribution in [0, 0.1) is 5.92 Å². The van der Waals surface area contributed by atoms with Gasteiger partial charge in [-0.2, -0.15) is 0 Å². The molecule has 0 fully saturated rings. The number of nitrogens with one attached hydrogen (secondary N) is 2. The summed E-state index contributed by atoms with van der Waals surface area (Å²) in [5.41, 5.74) is 2.72. The Balaban J connectivity index is 2.05. The predicted molar refractivity (Wildman–Crippen MR) is 101 cm³/mol. The molecule has 0 saturated carbocycles. The molecule has 134 valence electrons. The van der Waals surface area contributed by atoms with Crippen molar-refractivity contribution < 1.29 is 14.3 Å². The fourth-order valence-electron chi connectivity index (χ4n) is 2.30. The van der Waals surface area contributed by atoms with Crippen molar-refractivity contribution in [2.45, 2.75) is 27.3 Å². The lowest BCUT2D eigenvalue weighted by Gasteiger charge is -2.14. The Kier molecular flexibility index (Phi) is 6.69. The lowest BCUT2D eigenvalue weighted by molar-refractivity contribution is -0.118. The first kappa shape index (κ1) is 18.6. The van der Waals surface area contributed by atoms with E-state index in [2.05, 4.69) is 10.6 Å². The molecular formula is C20H26N2O3. The molecule has 0 atom stereocenters. The average molecular weight is 342 g/mol. The Bertz CT molecular complexity index is 714. The van der Waals surface area contributed by atoms with Crippen molar-refractivity contribution in [1.82, 2.24) is 0 Å². The molecule has 0 aliphatic carbocycles. The number of rotatable bonds is 8. The van der Waals surface area contributed by atoms with Crippen LogP contribution in [0.15, 0.2) is 42.5 Å². The van der Waals surface area contributed by atoms with E-state index >= 15 is 0 Å². The minimum atomic E-state index is -0.0832. The van der Waals surface area contributed by atoms with Gasteiger partial charge >= 0.3 is 0 Å². The first-order valence-corrected chi connectivity index (χ1v) is 8.48. The van der Waals surface area contributed by atoms with Gasteiger partial charge in [0.05, 0.1) is 19.4 Å². The number of carbonyl (C=O) groups is 1. The molecule has 5 nitrogen and oxygen atoms in total. The SMILES string of the molecule is CCOc1cccc(CNc2ccc(NC(=O)C(C)C)c(OC)c2)c1. The van der Waals surface area contributed by atoms with Crippen molar-refractivity contribution in [3.63, 3.8) is 0 Å². The third-order valence-corrected chi connectivity index (χ3v) is 3.69. The maximum atomic E-state index is 11.9. The third-order valence-electron chi connectivity index (χ3n) is 3.69. The Morgan fingerprint density at radius 2 is 1.96 bits per heavy atom. The fraction of sp³-hybridized carbons (Fsp3) is 0.350. The standard InChI is InChI=1S/C20H26N2O3/c1-5-25-17-8-6-7-15(11-17)13-21-16-9-10-18(19(12-16)24-4)22-20(23)14(2)3/h6-12,14,21H,5,13H2,1-4H3,(H,22,23). The summed E-state index contributed by atoms with van der Waals surface area (Å²) in [5, 5.41) is 6.24. The van der Waals surface area contributed by atoms with Gasteiger partial charge in [0.2, 0.25) is 5.91 Å². The van der Waals surface area contributed by atoms with Crippen molar-refractivity contribution in [2.24, 2.45) is 5.92 Å². The summed E-state index contributed by atoms with van der Waals surface area (Å²) in [6.07, 6.45) is 0. The van der Waals surface area contributed by atoms with Gasteiger partial charge < -0.3 is 20.1 Å². The van der Waals surface area contributed by atoms with Crippen molar-refractivity contribution in [3.8, 4) is 11.5 Å². The highest BCUT2D eigenvalue weighted by Gasteiger charge is 2.11. The quantitative estimate of drug-likeness (QED) is 0.751. The van der Waals surface area contributed by atoms with Gasteiger partial charge in [0.25, 0.3) is 0 Å². The summed E-state index contributed by atoms with van der Waals surface area (Å²) in [5.74, 6) is 1.38. The van der Waals surface area contributed by atoms with Gasteiger partial charge in [-0.15, -0.1) is 0 Å². The molecule has 2 aromatic rings. The first-order chi connectivity index (χ1) is 12.0. The van der Waals surface area contributed by atoms with E-state index in [-0.39, 0.29) is 11.8 Å². The largest absolute Gasteiger partial charge is 0.494 e. The topological polar surface area (TPSA) is 59.6 Å². The highest BCUT2D eigenvalue weighted by molar-refractivity contribution is 5.93. The number of amides is 1. The van der Waals surface area contributed by atoms with E-state index in [9.17, 15) is 4.79 Å². The number of methoxy groups -OCH3 is 1. The van der Waals surface area contributed by atoms with E-state index in [0.717, 1.165) is 17.0 Å². The van der Waals surface area contributed by atoms with Gasteiger partial charge in [-0.25, -0.2) is 0 Å². The minimum absolute atomic E-state index is 0.0354. The summed E-state index contributed by atoms with van der Waals surface area (Å²) in [6, 6.07) is 13.6. The average Bonchev–Trinajstić information content (AvgIpc) is 2.61. The van der Waals surface area contributed by atoms with Crippen LogP contribution in [0.2, 0.25) is 0 Å². The number of anilines is 2. The predicted octanol–water partition coefficient (Wildman–Crippen LogP) is 4.30. The van der Waals surface area contributed by atoms with E-state index in [1.165, 1.54) is 0 Å². The maximum Gasteiger partial charge on any atom is 0.227 e. The molecule has 5 heteroatoms. The maximum absolute atomic E-state index is 11.9. The summed E-state index contributed by atoms with van der Waals surface area (Å²) in [7, 11) is 1.59. The van der Waals surface area contributed by atoms with E-state index in [1.54, 1.807) is 7.11 Å². The molecule has 0 aromatic heterocycles. The Hall–Kier alpha value is -2.69. The van der Waals surface area contributed by atoms with Crippen LogP contribution >= 0.6 is 0 Å². The summed E-state index contributed by atoms with van der Waals surface area (Å²) < 4.78 is 10.9. The Morgan fingerprint density at radius 3 is 2.64 bits per heavy atom. The summed E-state index contributed by atoms with van der Waals surface area (Å²) >= 11 is 0. The molecule has 2 aromatic carbocycles. The van der Waals surface area contributed by atoms with Gasteiger partial charge in [0, 0.05) is 24.2 Å². The van der Waals surface area contributed by atoms with Gasteiger partial charge in [0.15, 0.2) is 0 Å². The molecule has 2 rings (SSSR count). The second kappa shape index (κ2) is 8.97. The van der Waals surface area contributed by atoms with Crippen LogP contribution in [0.4, 0.5) is 11.4 Å². The smallest absolute Gasteiger partial charge is 0.227 e. The minimum Gasteiger partial charge on any atom is -0.494 e. The highest BCUT2D eigenvalue weighted by Crippen LogP contribution is 2.28. The number of benzene rings is 2. The molecule has 0 spiro atoms. The lowest BCUT2D eigenvalue weighted by atomic mass is 10.2. The Morgan fingerprint density at radius 1 is 1.16 bits per heavy atom. The van der Waals surface area contributed by atoms with Crippen molar-refractivity contribution in [1.29, 1.82) is 0 Å². The van der Waals surface area contributed by atoms with Crippen molar-refractivity contribution in [3.05, 3.63) is 48.0 Å². The van der Waals surface area contributed by atoms with Crippen LogP contribution in [-0.2, 0) is 11.3 Å². The first-order valence-electron chi connectivity index (χ1n) is 8.48. The van der Waals surface area contributed by atoms with Crippen molar-refractivity contribution in [2.75, 3.05) is 24.4 Å². The molecule has 2 N–H and O–H groups in total. The van der Waals surface area contributed by atoms with Gasteiger partial charge in [0.1, 0.15) is 11.5 Å². The van der Waals surface area contributed by atoms with Crippen LogP contribution in [0.25, 0.3) is 0 Å². The molecule has 0 radical (unpaired) electrons. The molecule has 0 aliphatic heterocycles. The number of ether oxygens (including phenoxy) is 2. The van der Waals surface area contributed by atoms with Crippen LogP contribution in [-0.4, -0.2) is 19.6 Å². The number of hydrogen-bond acceptors (Lipinski definition) is 4.